The molecule has 3 aromatic rings. The molecule has 4 atom stereocenters. The van der Waals surface area contributed by atoms with E-state index in [1.807, 2.05) is 105 Å². The SMILES string of the molecule is CC(C)(C)OC(=O)N[C@@H](Cc1ccccc1)[C@H](O)CNC[C@@H](O)[C@H](Cc1ccccc1)NC(=O)OC(C)(C)CCOCc1ccccc1. The topological polar surface area (TPSA) is 138 Å². The molecule has 0 aromatic heterocycles. The first-order valence-corrected chi connectivity index (χ1v) is 16.5. The Morgan fingerprint density at radius 3 is 1.50 bits per heavy atom. The smallest absolute Gasteiger partial charge is 0.407 e. The fourth-order valence-electron chi connectivity index (χ4n) is 4.99. The van der Waals surface area contributed by atoms with Gasteiger partial charge in [-0.05, 0) is 64.2 Å². The highest BCUT2D eigenvalue weighted by atomic mass is 16.6. The molecule has 0 heterocycles. The minimum Gasteiger partial charge on any atom is -0.444 e. The molecule has 2 amide bonds. The van der Waals surface area contributed by atoms with E-state index in [1.54, 1.807) is 20.8 Å². The Morgan fingerprint density at radius 2 is 1.06 bits per heavy atom. The lowest BCUT2D eigenvalue weighted by Crippen LogP contribution is -2.53. The summed E-state index contributed by atoms with van der Waals surface area (Å²) in [6.45, 7) is 9.98. The summed E-state index contributed by atoms with van der Waals surface area (Å²) in [5.74, 6) is 0. The molecule has 0 saturated carbocycles. The van der Waals surface area contributed by atoms with E-state index in [2.05, 4.69) is 16.0 Å². The lowest BCUT2D eigenvalue weighted by molar-refractivity contribution is 0.0000504. The minimum atomic E-state index is -1.02. The second-order valence-corrected chi connectivity index (χ2v) is 13.6. The molecule has 0 aliphatic carbocycles. The van der Waals surface area contributed by atoms with Gasteiger partial charge in [-0.15, -0.1) is 0 Å². The minimum absolute atomic E-state index is 0.0655. The third-order valence-electron chi connectivity index (χ3n) is 7.57. The second kappa shape index (κ2) is 19.1. The molecule has 0 spiro atoms. The lowest BCUT2D eigenvalue weighted by Gasteiger charge is -2.30. The Morgan fingerprint density at radius 1 is 0.646 bits per heavy atom. The lowest BCUT2D eigenvalue weighted by atomic mass is 10.00. The normalized spacial score (nSPS) is 14.3. The molecule has 0 unspecified atom stereocenters. The highest BCUT2D eigenvalue weighted by Gasteiger charge is 2.29. The Hall–Kier alpha value is -3.96. The van der Waals surface area contributed by atoms with Gasteiger partial charge in [-0.3, -0.25) is 0 Å². The van der Waals surface area contributed by atoms with Crippen LogP contribution in [0.4, 0.5) is 9.59 Å². The van der Waals surface area contributed by atoms with Gasteiger partial charge in [0.2, 0.25) is 0 Å². The van der Waals surface area contributed by atoms with Gasteiger partial charge in [0.25, 0.3) is 0 Å². The van der Waals surface area contributed by atoms with Crippen LogP contribution in [0.1, 0.15) is 57.7 Å². The van der Waals surface area contributed by atoms with Gasteiger partial charge in [-0.1, -0.05) is 91.0 Å². The van der Waals surface area contributed by atoms with Crippen LogP contribution in [0, 0.1) is 0 Å². The summed E-state index contributed by atoms with van der Waals surface area (Å²) in [7, 11) is 0. The molecule has 0 fully saturated rings. The molecule has 0 aliphatic heterocycles. The molecular weight excluding hydrogens is 610 g/mol. The molecule has 3 rings (SSSR count). The number of ether oxygens (including phenoxy) is 3. The van der Waals surface area contributed by atoms with Gasteiger partial charge in [-0.25, -0.2) is 9.59 Å². The number of alkyl carbamates (subject to hydrolysis) is 2. The Kier molecular flexibility index (Phi) is 15.3. The molecule has 48 heavy (non-hydrogen) atoms. The van der Waals surface area contributed by atoms with Crippen molar-refractivity contribution in [3.05, 3.63) is 108 Å². The Bertz CT molecular complexity index is 1350. The van der Waals surface area contributed by atoms with Crippen molar-refractivity contribution < 1.29 is 34.0 Å². The maximum atomic E-state index is 13.1. The molecule has 0 aliphatic rings. The summed E-state index contributed by atoms with van der Waals surface area (Å²) in [5.41, 5.74) is 1.44. The van der Waals surface area contributed by atoms with Crippen LogP contribution in [0.15, 0.2) is 91.0 Å². The molecule has 10 nitrogen and oxygen atoms in total. The number of carbonyl (C=O) groups excluding carboxylic acids is 2. The molecule has 10 heteroatoms. The molecule has 0 bridgehead atoms. The van der Waals surface area contributed by atoms with Gasteiger partial charge >= 0.3 is 12.2 Å². The maximum absolute atomic E-state index is 13.1. The van der Waals surface area contributed by atoms with Crippen molar-refractivity contribution in [3.63, 3.8) is 0 Å². The first-order valence-electron chi connectivity index (χ1n) is 16.5. The summed E-state index contributed by atoms with van der Waals surface area (Å²) < 4.78 is 17.0. The first-order chi connectivity index (χ1) is 22.8. The van der Waals surface area contributed by atoms with E-state index >= 15 is 0 Å². The summed E-state index contributed by atoms with van der Waals surface area (Å²) in [4.78, 5) is 25.6. The molecular formula is C38H53N3O7. The number of benzene rings is 3. The van der Waals surface area contributed by atoms with Crippen molar-refractivity contribution in [3.8, 4) is 0 Å². The summed E-state index contributed by atoms with van der Waals surface area (Å²) in [6.07, 6.45) is -2.07. The van der Waals surface area contributed by atoms with Gasteiger partial charge in [0.1, 0.15) is 11.2 Å². The quantitative estimate of drug-likeness (QED) is 0.118. The first kappa shape index (κ1) is 38.5. The van der Waals surface area contributed by atoms with E-state index in [-0.39, 0.29) is 13.1 Å². The number of hydrogen-bond acceptors (Lipinski definition) is 8. The fraction of sp³-hybridized carbons (Fsp3) is 0.474. The number of nitrogens with one attached hydrogen (secondary N) is 3. The molecule has 5 N–H and O–H groups in total. The van der Waals surface area contributed by atoms with Crippen molar-refractivity contribution >= 4 is 12.2 Å². The van der Waals surface area contributed by atoms with E-state index in [1.165, 1.54) is 0 Å². The molecule has 3 aromatic carbocycles. The fourth-order valence-corrected chi connectivity index (χ4v) is 4.99. The zero-order chi connectivity index (χ0) is 35.0. The summed E-state index contributed by atoms with van der Waals surface area (Å²) >= 11 is 0. The third-order valence-corrected chi connectivity index (χ3v) is 7.57. The van der Waals surface area contributed by atoms with Crippen LogP contribution in [0.3, 0.4) is 0 Å². The molecule has 262 valence electrons. The van der Waals surface area contributed by atoms with Crippen LogP contribution in [0.5, 0.6) is 0 Å². The molecule has 0 saturated heterocycles. The van der Waals surface area contributed by atoms with Crippen LogP contribution in [-0.2, 0) is 33.7 Å². The van der Waals surface area contributed by atoms with Crippen LogP contribution in [0.25, 0.3) is 0 Å². The summed E-state index contributed by atoms with van der Waals surface area (Å²) in [6, 6.07) is 27.6. The predicted octanol–water partition coefficient (Wildman–Crippen LogP) is 5.16. The van der Waals surface area contributed by atoms with Crippen molar-refractivity contribution in [2.45, 2.75) is 96.0 Å². The summed E-state index contributed by atoms with van der Waals surface area (Å²) in [5, 5.41) is 31.1. The number of amides is 2. The number of hydrogen-bond donors (Lipinski definition) is 5. The van der Waals surface area contributed by atoms with Crippen molar-refractivity contribution in [2.75, 3.05) is 19.7 Å². The van der Waals surface area contributed by atoms with Crippen LogP contribution in [-0.4, -0.2) is 77.6 Å². The highest BCUT2D eigenvalue weighted by Crippen LogP contribution is 2.17. The standard InChI is InChI=1S/C38H53N3O7/c1-37(2,3)47-35(44)40-31(23-28-15-9-6-10-16-28)33(42)25-39-26-34(43)32(24-29-17-11-7-12-18-29)41-36(45)48-38(4,5)21-22-46-27-30-19-13-8-14-20-30/h6-20,31-34,39,42-43H,21-27H2,1-5H3,(H,40,44)(H,41,45)/t31-,32-,33+,34+/m0/s1. The van der Waals surface area contributed by atoms with E-state index < -0.39 is 47.7 Å². The van der Waals surface area contributed by atoms with Crippen molar-refractivity contribution in [1.29, 1.82) is 0 Å². The van der Waals surface area contributed by atoms with Gasteiger partial charge in [0.05, 0.1) is 37.5 Å². The van der Waals surface area contributed by atoms with Gasteiger partial charge in [0, 0.05) is 19.5 Å². The Balaban J connectivity index is 1.56. The number of aliphatic hydroxyl groups excluding tert-OH is 2. The van der Waals surface area contributed by atoms with Crippen LogP contribution >= 0.6 is 0 Å². The average molecular weight is 664 g/mol. The number of rotatable bonds is 18. The monoisotopic (exact) mass is 663 g/mol. The predicted molar refractivity (Wildman–Crippen MR) is 187 cm³/mol. The van der Waals surface area contributed by atoms with E-state index in [9.17, 15) is 19.8 Å². The largest absolute Gasteiger partial charge is 0.444 e. The Labute approximate surface area is 285 Å². The van der Waals surface area contributed by atoms with Crippen LogP contribution in [0.2, 0.25) is 0 Å². The van der Waals surface area contributed by atoms with Gasteiger partial charge in [0.15, 0.2) is 0 Å². The maximum Gasteiger partial charge on any atom is 0.407 e. The average Bonchev–Trinajstić information content (AvgIpc) is 3.02. The van der Waals surface area contributed by atoms with Gasteiger partial charge in [-0.2, -0.15) is 0 Å². The zero-order valence-corrected chi connectivity index (χ0v) is 28.9. The number of aliphatic hydroxyl groups is 2. The molecule has 0 radical (unpaired) electrons. The number of carbonyl (C=O) groups is 2. The highest BCUT2D eigenvalue weighted by molar-refractivity contribution is 5.68. The second-order valence-electron chi connectivity index (χ2n) is 13.6. The van der Waals surface area contributed by atoms with E-state index in [0.717, 1.165) is 16.7 Å². The van der Waals surface area contributed by atoms with E-state index in [0.29, 0.717) is 32.5 Å². The van der Waals surface area contributed by atoms with Gasteiger partial charge < -0.3 is 40.4 Å². The van der Waals surface area contributed by atoms with Crippen molar-refractivity contribution in [2.24, 2.45) is 0 Å². The van der Waals surface area contributed by atoms with Crippen LogP contribution < -0.4 is 16.0 Å². The van der Waals surface area contributed by atoms with Crippen molar-refractivity contribution in [1.82, 2.24) is 16.0 Å². The zero-order valence-electron chi connectivity index (χ0n) is 28.9. The third kappa shape index (κ3) is 15.3. The van der Waals surface area contributed by atoms with E-state index in [4.69, 9.17) is 14.2 Å².